The third-order valence-corrected chi connectivity index (χ3v) is 3.45. The molecule has 3 amide bonds. The van der Waals surface area contributed by atoms with E-state index in [4.69, 9.17) is 16.3 Å². The van der Waals surface area contributed by atoms with Crippen LogP contribution in [0.25, 0.3) is 0 Å². The van der Waals surface area contributed by atoms with Gasteiger partial charge in [-0.3, -0.25) is 14.5 Å². The average molecular weight is 311 g/mol. The molecule has 1 fully saturated rings. The first kappa shape index (κ1) is 15.3. The number of amides is 3. The molecule has 0 bridgehead atoms. The van der Waals surface area contributed by atoms with Crippen molar-refractivity contribution >= 4 is 29.5 Å². The lowest BCUT2D eigenvalue weighted by atomic mass is 10.1. The van der Waals surface area contributed by atoms with Gasteiger partial charge in [-0.1, -0.05) is 29.8 Å². The van der Waals surface area contributed by atoms with Crippen LogP contribution >= 0.6 is 11.6 Å². The number of imide groups is 1. The molecule has 0 aliphatic carbocycles. The maximum Gasteiger partial charge on any atom is 0.326 e. The van der Waals surface area contributed by atoms with Crippen LogP contribution in [0.5, 0.6) is 0 Å². The van der Waals surface area contributed by atoms with Crippen LogP contribution in [0, 0.1) is 0 Å². The van der Waals surface area contributed by atoms with Crippen molar-refractivity contribution in [3.05, 3.63) is 34.9 Å². The van der Waals surface area contributed by atoms with Crippen molar-refractivity contribution in [2.24, 2.45) is 0 Å². The van der Waals surface area contributed by atoms with Gasteiger partial charge >= 0.3 is 12.0 Å². The third kappa shape index (κ3) is 3.33. The Morgan fingerprint density at radius 3 is 2.57 bits per heavy atom. The van der Waals surface area contributed by atoms with Crippen LogP contribution in [0.2, 0.25) is 5.02 Å². The molecule has 0 radical (unpaired) electrons. The van der Waals surface area contributed by atoms with Crippen molar-refractivity contribution < 1.29 is 19.1 Å². The lowest BCUT2D eigenvalue weighted by molar-refractivity contribution is -0.148. The van der Waals surface area contributed by atoms with E-state index in [0.29, 0.717) is 10.6 Å². The molecule has 2 rings (SSSR count). The maximum atomic E-state index is 11.9. The highest BCUT2D eigenvalue weighted by atomic mass is 35.5. The number of carbonyl (C=O) groups is 3. The minimum absolute atomic E-state index is 0.00838. The largest absolute Gasteiger partial charge is 0.459 e. The minimum atomic E-state index is -1.000. The number of halogens is 1. The summed E-state index contributed by atoms with van der Waals surface area (Å²) >= 11 is 5.94. The van der Waals surface area contributed by atoms with Crippen molar-refractivity contribution in [3.8, 4) is 0 Å². The van der Waals surface area contributed by atoms with E-state index in [-0.39, 0.29) is 6.61 Å². The van der Waals surface area contributed by atoms with E-state index in [0.717, 1.165) is 4.90 Å². The summed E-state index contributed by atoms with van der Waals surface area (Å²) in [5, 5.41) is 2.98. The monoisotopic (exact) mass is 310 g/mol. The summed E-state index contributed by atoms with van der Waals surface area (Å²) in [5.41, 5.74) is -0.342. The van der Waals surface area contributed by atoms with Gasteiger partial charge in [0, 0.05) is 10.6 Å². The summed E-state index contributed by atoms with van der Waals surface area (Å²) in [7, 11) is 0. The summed E-state index contributed by atoms with van der Waals surface area (Å²) < 4.78 is 5.04. The molecule has 0 spiro atoms. The Kier molecular flexibility index (Phi) is 4.18. The average Bonchev–Trinajstić information content (AvgIpc) is 2.60. The molecule has 1 aromatic rings. The Balaban J connectivity index is 1.93. The molecule has 1 heterocycles. The molecule has 1 aliphatic heterocycles. The van der Waals surface area contributed by atoms with E-state index in [1.165, 1.54) is 0 Å². The fraction of sp³-hybridized carbons (Fsp3) is 0.357. The van der Waals surface area contributed by atoms with Crippen LogP contribution in [-0.4, -0.2) is 34.9 Å². The Hall–Kier alpha value is -2.08. The van der Waals surface area contributed by atoms with Crippen LogP contribution in [0.3, 0.4) is 0 Å². The maximum absolute atomic E-state index is 11.9. The molecule has 0 atom stereocenters. The van der Waals surface area contributed by atoms with Crippen LogP contribution in [0.4, 0.5) is 4.79 Å². The molecule has 7 heteroatoms. The molecule has 1 aromatic carbocycles. The van der Waals surface area contributed by atoms with Gasteiger partial charge in [0.25, 0.3) is 5.91 Å². The van der Waals surface area contributed by atoms with Gasteiger partial charge in [0.15, 0.2) is 0 Å². The fourth-order valence-electron chi connectivity index (χ4n) is 1.91. The lowest BCUT2D eigenvalue weighted by Crippen LogP contribution is -2.41. The van der Waals surface area contributed by atoms with Crippen LogP contribution < -0.4 is 5.32 Å². The molecule has 1 aliphatic rings. The summed E-state index contributed by atoms with van der Waals surface area (Å²) in [5.74, 6) is -1.13. The summed E-state index contributed by atoms with van der Waals surface area (Å²) in [6.07, 6.45) is 0. The number of urea groups is 1. The number of carbonyl (C=O) groups excluding carboxylic acids is 3. The van der Waals surface area contributed by atoms with Crippen molar-refractivity contribution in [3.63, 3.8) is 0 Å². The predicted molar refractivity (Wildman–Crippen MR) is 75.6 cm³/mol. The number of benzene rings is 1. The normalized spacial score (nSPS) is 16.8. The number of hydrogen-bond acceptors (Lipinski definition) is 4. The highest BCUT2D eigenvalue weighted by Gasteiger charge is 2.45. The molecule has 112 valence electrons. The van der Waals surface area contributed by atoms with E-state index in [2.05, 4.69) is 5.32 Å². The van der Waals surface area contributed by atoms with Gasteiger partial charge in [0.05, 0.1) is 0 Å². The Labute approximate surface area is 127 Å². The smallest absolute Gasteiger partial charge is 0.326 e. The van der Waals surface area contributed by atoms with E-state index in [1.54, 1.807) is 38.1 Å². The Morgan fingerprint density at radius 2 is 2.00 bits per heavy atom. The van der Waals surface area contributed by atoms with Crippen LogP contribution in [0.15, 0.2) is 24.3 Å². The molecule has 6 nitrogen and oxygen atoms in total. The highest BCUT2D eigenvalue weighted by Crippen LogP contribution is 2.18. The topological polar surface area (TPSA) is 75.7 Å². The third-order valence-electron chi connectivity index (χ3n) is 3.08. The number of hydrogen-bond donors (Lipinski definition) is 1. The molecule has 1 N–H and O–H groups in total. The Bertz CT molecular complexity index is 600. The number of rotatable bonds is 4. The quantitative estimate of drug-likeness (QED) is 0.678. The standard InChI is InChI=1S/C14H15ClN2O4/c1-14(2)12(19)17(13(20)16-14)7-11(18)21-8-9-5-3-4-6-10(9)15/h3-6H,7-8H2,1-2H3,(H,16,20). The van der Waals surface area contributed by atoms with Gasteiger partial charge in [0.1, 0.15) is 18.7 Å². The molecule has 1 saturated heterocycles. The van der Waals surface area contributed by atoms with Crippen molar-refractivity contribution in [2.75, 3.05) is 6.54 Å². The second kappa shape index (κ2) is 5.73. The van der Waals surface area contributed by atoms with E-state index >= 15 is 0 Å². The SMILES string of the molecule is CC1(C)NC(=O)N(CC(=O)OCc2ccccc2Cl)C1=O. The van der Waals surface area contributed by atoms with Gasteiger partial charge in [-0.2, -0.15) is 0 Å². The zero-order chi connectivity index (χ0) is 15.6. The van der Waals surface area contributed by atoms with Crippen molar-refractivity contribution in [1.82, 2.24) is 10.2 Å². The molecule has 0 saturated carbocycles. The van der Waals surface area contributed by atoms with Gasteiger partial charge in [-0.25, -0.2) is 4.79 Å². The minimum Gasteiger partial charge on any atom is -0.459 e. The second-order valence-corrected chi connectivity index (χ2v) is 5.61. The number of esters is 1. The van der Waals surface area contributed by atoms with Gasteiger partial charge in [0.2, 0.25) is 0 Å². The second-order valence-electron chi connectivity index (χ2n) is 5.20. The first-order valence-electron chi connectivity index (χ1n) is 6.34. The van der Waals surface area contributed by atoms with Gasteiger partial charge < -0.3 is 10.1 Å². The molecule has 21 heavy (non-hydrogen) atoms. The van der Waals surface area contributed by atoms with E-state index in [1.807, 2.05) is 0 Å². The molecule has 0 aromatic heterocycles. The Morgan fingerprint density at radius 1 is 1.33 bits per heavy atom. The summed E-state index contributed by atoms with van der Waals surface area (Å²) in [4.78, 5) is 36.1. The number of nitrogens with zero attached hydrogens (tertiary/aromatic N) is 1. The van der Waals surface area contributed by atoms with Gasteiger partial charge in [-0.15, -0.1) is 0 Å². The fourth-order valence-corrected chi connectivity index (χ4v) is 2.10. The summed E-state index contributed by atoms with van der Waals surface area (Å²) in [6.45, 7) is 2.72. The molecular weight excluding hydrogens is 296 g/mol. The molecular formula is C14H15ClN2O4. The highest BCUT2D eigenvalue weighted by molar-refractivity contribution is 6.31. The van der Waals surface area contributed by atoms with E-state index in [9.17, 15) is 14.4 Å². The zero-order valence-electron chi connectivity index (χ0n) is 11.7. The first-order chi connectivity index (χ1) is 9.81. The van der Waals surface area contributed by atoms with Crippen molar-refractivity contribution in [2.45, 2.75) is 26.0 Å². The van der Waals surface area contributed by atoms with Gasteiger partial charge in [-0.05, 0) is 19.9 Å². The van der Waals surface area contributed by atoms with Crippen LogP contribution in [-0.2, 0) is 20.9 Å². The predicted octanol–water partition coefficient (Wildman–Crippen LogP) is 1.71. The summed E-state index contributed by atoms with van der Waals surface area (Å²) in [6, 6.07) is 6.36. The first-order valence-corrected chi connectivity index (χ1v) is 6.72. The number of nitrogens with one attached hydrogen (secondary N) is 1. The molecule has 0 unspecified atom stereocenters. The van der Waals surface area contributed by atoms with Crippen LogP contribution in [0.1, 0.15) is 19.4 Å². The van der Waals surface area contributed by atoms with E-state index < -0.39 is 30.0 Å². The lowest BCUT2D eigenvalue weighted by Gasteiger charge is -2.15. The number of ether oxygens (including phenoxy) is 1. The zero-order valence-corrected chi connectivity index (χ0v) is 12.4. The van der Waals surface area contributed by atoms with Crippen molar-refractivity contribution in [1.29, 1.82) is 0 Å².